The van der Waals surface area contributed by atoms with Gasteiger partial charge in [-0.05, 0) is 36.6 Å². The van der Waals surface area contributed by atoms with E-state index in [1.54, 1.807) is 29.2 Å². The van der Waals surface area contributed by atoms with Gasteiger partial charge in [-0.25, -0.2) is 0 Å². The fourth-order valence-corrected chi connectivity index (χ4v) is 3.89. The summed E-state index contributed by atoms with van der Waals surface area (Å²) in [6.45, 7) is 3.06. The number of hydrogen-bond donors (Lipinski definition) is 2. The van der Waals surface area contributed by atoms with Crippen LogP contribution in [0.5, 0.6) is 5.75 Å². The maximum absolute atomic E-state index is 12.9. The number of benzene rings is 2. The SMILES string of the molecule is C[C@H]1CN(C(=O)[C@@H](N)Cc2ccc(O)cc2)Cc2nnc(Cc3ccccc3)n21. The number of phenolic OH excluding ortho intramolecular Hbond substituents is 1. The van der Waals surface area contributed by atoms with Crippen molar-refractivity contribution >= 4 is 5.91 Å². The Hall–Kier alpha value is -3.19. The predicted octanol–water partition coefficient (Wildman–Crippen LogP) is 2.05. The Kier molecular flexibility index (Phi) is 5.31. The summed E-state index contributed by atoms with van der Waals surface area (Å²) in [6.07, 6.45) is 1.14. The second kappa shape index (κ2) is 8.05. The first-order valence-electron chi connectivity index (χ1n) is 9.80. The number of phenols is 1. The second-order valence-electron chi connectivity index (χ2n) is 7.61. The summed E-state index contributed by atoms with van der Waals surface area (Å²) in [6, 6.07) is 16.4. The Labute approximate surface area is 169 Å². The molecule has 2 heterocycles. The van der Waals surface area contributed by atoms with Crippen LogP contribution in [0.1, 0.15) is 35.7 Å². The van der Waals surface area contributed by atoms with Crippen LogP contribution in [0, 0.1) is 0 Å². The Balaban J connectivity index is 1.45. The van der Waals surface area contributed by atoms with Crippen molar-refractivity contribution in [2.75, 3.05) is 6.54 Å². The van der Waals surface area contributed by atoms with Gasteiger partial charge >= 0.3 is 0 Å². The van der Waals surface area contributed by atoms with E-state index in [1.165, 1.54) is 5.56 Å². The maximum Gasteiger partial charge on any atom is 0.240 e. The van der Waals surface area contributed by atoms with Gasteiger partial charge in [0.25, 0.3) is 0 Å². The van der Waals surface area contributed by atoms with E-state index in [1.807, 2.05) is 18.2 Å². The van der Waals surface area contributed by atoms with Gasteiger partial charge in [-0.15, -0.1) is 10.2 Å². The molecule has 0 spiro atoms. The number of hydrogen-bond acceptors (Lipinski definition) is 5. The van der Waals surface area contributed by atoms with E-state index in [-0.39, 0.29) is 17.7 Å². The molecule has 7 nitrogen and oxygen atoms in total. The van der Waals surface area contributed by atoms with E-state index in [4.69, 9.17) is 5.73 Å². The van der Waals surface area contributed by atoms with Gasteiger partial charge in [-0.1, -0.05) is 42.5 Å². The van der Waals surface area contributed by atoms with E-state index >= 15 is 0 Å². The molecule has 0 unspecified atom stereocenters. The van der Waals surface area contributed by atoms with Crippen LogP contribution in [0.15, 0.2) is 54.6 Å². The number of fused-ring (bicyclic) bond motifs is 1. The number of aromatic nitrogens is 3. The number of aromatic hydroxyl groups is 1. The first-order chi connectivity index (χ1) is 14.0. The summed E-state index contributed by atoms with van der Waals surface area (Å²) < 4.78 is 2.14. The van der Waals surface area contributed by atoms with Crippen LogP contribution in [0.4, 0.5) is 0 Å². The Morgan fingerprint density at radius 2 is 1.86 bits per heavy atom. The van der Waals surface area contributed by atoms with E-state index in [9.17, 15) is 9.90 Å². The van der Waals surface area contributed by atoms with Crippen LogP contribution in [-0.4, -0.2) is 43.3 Å². The lowest BCUT2D eigenvalue weighted by Gasteiger charge is -2.34. The highest BCUT2D eigenvalue weighted by Crippen LogP contribution is 2.23. The highest BCUT2D eigenvalue weighted by Gasteiger charge is 2.31. The molecule has 0 radical (unpaired) electrons. The molecule has 0 bridgehead atoms. The van der Waals surface area contributed by atoms with Gasteiger partial charge in [0, 0.05) is 13.0 Å². The van der Waals surface area contributed by atoms with Gasteiger partial charge in [-0.3, -0.25) is 4.79 Å². The van der Waals surface area contributed by atoms with Gasteiger partial charge in [0.15, 0.2) is 5.82 Å². The minimum absolute atomic E-state index is 0.0808. The van der Waals surface area contributed by atoms with Crippen LogP contribution >= 0.6 is 0 Å². The van der Waals surface area contributed by atoms with E-state index in [0.29, 0.717) is 25.9 Å². The van der Waals surface area contributed by atoms with Gasteiger partial charge in [0.05, 0.1) is 18.6 Å². The smallest absolute Gasteiger partial charge is 0.240 e. The summed E-state index contributed by atoms with van der Waals surface area (Å²) >= 11 is 0. The van der Waals surface area contributed by atoms with Crippen molar-refractivity contribution in [3.63, 3.8) is 0 Å². The second-order valence-corrected chi connectivity index (χ2v) is 7.61. The highest BCUT2D eigenvalue weighted by molar-refractivity contribution is 5.82. The topological polar surface area (TPSA) is 97.3 Å². The normalized spacial score (nSPS) is 17.0. The quantitative estimate of drug-likeness (QED) is 0.694. The Bertz CT molecular complexity index is 984. The first kappa shape index (κ1) is 19.1. The molecule has 0 saturated heterocycles. The van der Waals surface area contributed by atoms with Crippen molar-refractivity contribution in [1.29, 1.82) is 0 Å². The number of nitrogens with two attached hydrogens (primary N) is 1. The number of carbonyl (C=O) groups excluding carboxylic acids is 1. The van der Waals surface area contributed by atoms with Crippen molar-refractivity contribution in [3.8, 4) is 5.75 Å². The third-order valence-corrected chi connectivity index (χ3v) is 5.32. The van der Waals surface area contributed by atoms with Crippen LogP contribution < -0.4 is 5.73 Å². The molecule has 1 aliphatic heterocycles. The van der Waals surface area contributed by atoms with Crippen molar-refractivity contribution < 1.29 is 9.90 Å². The zero-order chi connectivity index (χ0) is 20.4. The van der Waals surface area contributed by atoms with Crippen LogP contribution in [-0.2, 0) is 24.2 Å². The Morgan fingerprint density at radius 3 is 2.59 bits per heavy atom. The summed E-state index contributed by atoms with van der Waals surface area (Å²) in [4.78, 5) is 14.7. The summed E-state index contributed by atoms with van der Waals surface area (Å²) in [5, 5.41) is 18.1. The minimum Gasteiger partial charge on any atom is -0.508 e. The van der Waals surface area contributed by atoms with E-state index < -0.39 is 6.04 Å². The lowest BCUT2D eigenvalue weighted by Crippen LogP contribution is -2.48. The Morgan fingerprint density at radius 1 is 1.14 bits per heavy atom. The maximum atomic E-state index is 12.9. The fraction of sp³-hybridized carbons (Fsp3) is 0.318. The first-order valence-corrected chi connectivity index (χ1v) is 9.80. The van der Waals surface area contributed by atoms with Gasteiger partial charge < -0.3 is 20.3 Å². The average Bonchev–Trinajstić information content (AvgIpc) is 3.13. The number of nitrogens with zero attached hydrogens (tertiary/aromatic N) is 4. The number of rotatable bonds is 5. The molecule has 7 heteroatoms. The van der Waals surface area contributed by atoms with Gasteiger partial charge in [-0.2, -0.15) is 0 Å². The predicted molar refractivity (Wildman–Crippen MR) is 109 cm³/mol. The molecule has 29 heavy (non-hydrogen) atoms. The summed E-state index contributed by atoms with van der Waals surface area (Å²) in [5.74, 6) is 1.81. The molecule has 3 N–H and O–H groups in total. The average molecular weight is 391 g/mol. The van der Waals surface area contributed by atoms with E-state index in [0.717, 1.165) is 17.2 Å². The summed E-state index contributed by atoms with van der Waals surface area (Å²) in [7, 11) is 0. The molecule has 1 aliphatic rings. The van der Waals surface area contributed by atoms with Crippen molar-refractivity contribution in [3.05, 3.63) is 77.4 Å². The molecule has 3 aromatic rings. The number of amides is 1. The third-order valence-electron chi connectivity index (χ3n) is 5.32. The van der Waals surface area contributed by atoms with Crippen LogP contribution in [0.3, 0.4) is 0 Å². The largest absolute Gasteiger partial charge is 0.508 e. The molecule has 1 aromatic heterocycles. The molecule has 0 fully saturated rings. The molecule has 0 aliphatic carbocycles. The fourth-order valence-electron chi connectivity index (χ4n) is 3.89. The van der Waals surface area contributed by atoms with Crippen molar-refractivity contribution in [2.24, 2.45) is 5.73 Å². The van der Waals surface area contributed by atoms with Crippen molar-refractivity contribution in [2.45, 2.75) is 38.4 Å². The standard InChI is InChI=1S/C22H25N5O2/c1-15-13-26(22(29)19(23)11-17-7-9-18(28)10-8-17)14-21-25-24-20(27(15)21)12-16-5-3-2-4-6-16/h2-10,15,19,28H,11-14,23H2,1H3/t15-,19-/m0/s1. The lowest BCUT2D eigenvalue weighted by atomic mass is 10.0. The third kappa shape index (κ3) is 4.14. The van der Waals surface area contributed by atoms with Crippen LogP contribution in [0.2, 0.25) is 0 Å². The molecular formula is C22H25N5O2. The van der Waals surface area contributed by atoms with Crippen LogP contribution in [0.25, 0.3) is 0 Å². The molecule has 2 atom stereocenters. The van der Waals surface area contributed by atoms with Crippen molar-refractivity contribution in [1.82, 2.24) is 19.7 Å². The van der Waals surface area contributed by atoms with Gasteiger partial charge in [0.2, 0.25) is 5.91 Å². The zero-order valence-electron chi connectivity index (χ0n) is 16.4. The minimum atomic E-state index is -0.634. The monoisotopic (exact) mass is 391 g/mol. The lowest BCUT2D eigenvalue weighted by molar-refractivity contribution is -0.134. The summed E-state index contributed by atoms with van der Waals surface area (Å²) in [5.41, 5.74) is 8.30. The molecule has 1 amide bonds. The highest BCUT2D eigenvalue weighted by atomic mass is 16.3. The van der Waals surface area contributed by atoms with Gasteiger partial charge in [0.1, 0.15) is 11.6 Å². The zero-order valence-corrected chi connectivity index (χ0v) is 16.4. The molecule has 4 rings (SSSR count). The molecule has 0 saturated carbocycles. The molecule has 150 valence electrons. The van der Waals surface area contributed by atoms with E-state index in [2.05, 4.69) is 33.8 Å². The molecule has 2 aromatic carbocycles. The molecular weight excluding hydrogens is 366 g/mol. The number of carbonyl (C=O) groups is 1.